The van der Waals surface area contributed by atoms with Gasteiger partial charge in [0, 0.05) is 13.1 Å². The first kappa shape index (κ1) is 8.97. The van der Waals surface area contributed by atoms with Gasteiger partial charge in [-0.1, -0.05) is 0 Å². The number of rotatable bonds is 1. The number of carbonyl (C=O) groups excluding carboxylic acids is 1. The molecule has 2 saturated heterocycles. The van der Waals surface area contributed by atoms with Gasteiger partial charge < -0.3 is 14.8 Å². The minimum Gasteiger partial charge on any atom is -0.467 e. The van der Waals surface area contributed by atoms with Crippen molar-refractivity contribution in [2.24, 2.45) is 0 Å². The molecule has 0 aromatic carbocycles. The second-order valence-electron chi connectivity index (χ2n) is 3.81. The predicted octanol–water partition coefficient (Wildman–Crippen LogP) is 0.0705. The summed E-state index contributed by atoms with van der Waals surface area (Å²) in [4.78, 5) is 11.2. The molecule has 1 N–H and O–H groups in total. The highest BCUT2D eigenvalue weighted by Crippen LogP contribution is 2.32. The van der Waals surface area contributed by atoms with Crippen molar-refractivity contribution in [3.05, 3.63) is 0 Å². The molecule has 0 radical (unpaired) electrons. The van der Waals surface area contributed by atoms with Crippen LogP contribution >= 0.6 is 0 Å². The molecule has 2 rings (SSSR count). The summed E-state index contributed by atoms with van der Waals surface area (Å²) in [6, 6.07) is 0. The molecule has 13 heavy (non-hydrogen) atoms. The van der Waals surface area contributed by atoms with Gasteiger partial charge in [-0.3, -0.25) is 0 Å². The number of ether oxygens (including phenoxy) is 2. The normalized spacial score (nSPS) is 31.0. The maximum atomic E-state index is 11.2. The fourth-order valence-electron chi connectivity index (χ4n) is 1.99. The van der Waals surface area contributed by atoms with E-state index in [9.17, 15) is 4.79 Å². The maximum absolute atomic E-state index is 11.2. The van der Waals surface area contributed by atoms with Crippen molar-refractivity contribution in [2.75, 3.05) is 20.2 Å². The standard InChI is InChI=1S/C9H15NO3/c1-12-8(11)7-3-2-4-9(13-7)5-10-6-9/h7,10H,2-6H2,1H3. The molecule has 0 bridgehead atoms. The molecule has 2 aliphatic heterocycles. The number of hydrogen-bond acceptors (Lipinski definition) is 4. The van der Waals surface area contributed by atoms with Gasteiger partial charge in [0.1, 0.15) is 0 Å². The first-order chi connectivity index (χ1) is 6.26. The molecule has 74 valence electrons. The zero-order valence-electron chi connectivity index (χ0n) is 7.84. The van der Waals surface area contributed by atoms with E-state index < -0.39 is 0 Å². The van der Waals surface area contributed by atoms with Crippen molar-refractivity contribution < 1.29 is 14.3 Å². The molecule has 0 aromatic rings. The lowest BCUT2D eigenvalue weighted by Crippen LogP contribution is -2.64. The van der Waals surface area contributed by atoms with Crippen molar-refractivity contribution in [3.63, 3.8) is 0 Å². The Hall–Kier alpha value is -0.610. The Balaban J connectivity index is 1.95. The number of carbonyl (C=O) groups is 1. The largest absolute Gasteiger partial charge is 0.467 e. The highest BCUT2D eigenvalue weighted by atomic mass is 16.6. The Labute approximate surface area is 77.6 Å². The van der Waals surface area contributed by atoms with Gasteiger partial charge in [-0.2, -0.15) is 0 Å². The molecule has 1 atom stereocenters. The highest BCUT2D eigenvalue weighted by Gasteiger charge is 2.44. The minimum absolute atomic E-state index is 0.0584. The van der Waals surface area contributed by atoms with Crippen molar-refractivity contribution >= 4 is 5.97 Å². The van der Waals surface area contributed by atoms with Crippen LogP contribution in [0, 0.1) is 0 Å². The molecular formula is C9H15NO3. The summed E-state index contributed by atoms with van der Waals surface area (Å²) in [5, 5.41) is 3.17. The lowest BCUT2D eigenvalue weighted by atomic mass is 9.86. The first-order valence-electron chi connectivity index (χ1n) is 4.72. The first-order valence-corrected chi connectivity index (χ1v) is 4.72. The average molecular weight is 185 g/mol. The lowest BCUT2D eigenvalue weighted by Gasteiger charge is -2.47. The van der Waals surface area contributed by atoms with E-state index in [4.69, 9.17) is 4.74 Å². The van der Waals surface area contributed by atoms with Gasteiger partial charge in [0.2, 0.25) is 0 Å². The van der Waals surface area contributed by atoms with Crippen LogP contribution < -0.4 is 5.32 Å². The van der Waals surface area contributed by atoms with E-state index in [-0.39, 0.29) is 17.7 Å². The van der Waals surface area contributed by atoms with Gasteiger partial charge in [0.05, 0.1) is 12.7 Å². The molecule has 0 saturated carbocycles. The Bertz CT molecular complexity index is 213. The fourth-order valence-corrected chi connectivity index (χ4v) is 1.99. The van der Waals surface area contributed by atoms with Gasteiger partial charge >= 0.3 is 5.97 Å². The van der Waals surface area contributed by atoms with E-state index in [1.54, 1.807) is 0 Å². The van der Waals surface area contributed by atoms with Gasteiger partial charge in [0.25, 0.3) is 0 Å². The minimum atomic E-state index is -0.333. The molecule has 4 nitrogen and oxygen atoms in total. The quantitative estimate of drug-likeness (QED) is 0.587. The summed E-state index contributed by atoms with van der Waals surface area (Å²) in [5.41, 5.74) is -0.0584. The van der Waals surface area contributed by atoms with Crippen molar-refractivity contribution in [3.8, 4) is 0 Å². The third-order valence-electron chi connectivity index (χ3n) is 2.85. The third kappa shape index (κ3) is 1.56. The molecule has 2 heterocycles. The van der Waals surface area contributed by atoms with Crippen LogP contribution in [0.15, 0.2) is 0 Å². The van der Waals surface area contributed by atoms with Crippen LogP contribution in [0.25, 0.3) is 0 Å². The number of methoxy groups -OCH3 is 1. The average Bonchev–Trinajstić information content (AvgIpc) is 2.14. The van der Waals surface area contributed by atoms with E-state index in [2.05, 4.69) is 10.1 Å². The SMILES string of the molecule is COC(=O)C1CCCC2(CNC2)O1. The predicted molar refractivity (Wildman–Crippen MR) is 46.3 cm³/mol. The van der Waals surface area contributed by atoms with E-state index in [0.29, 0.717) is 0 Å². The van der Waals surface area contributed by atoms with Gasteiger partial charge in [0.15, 0.2) is 6.10 Å². The molecule has 0 aromatic heterocycles. The van der Waals surface area contributed by atoms with Crippen molar-refractivity contribution in [1.29, 1.82) is 0 Å². The Morgan fingerprint density at radius 2 is 2.38 bits per heavy atom. The smallest absolute Gasteiger partial charge is 0.335 e. The summed E-state index contributed by atoms with van der Waals surface area (Å²) in [7, 11) is 1.41. The maximum Gasteiger partial charge on any atom is 0.335 e. The fraction of sp³-hybridized carbons (Fsp3) is 0.889. The van der Waals surface area contributed by atoms with Crippen LogP contribution in [-0.4, -0.2) is 37.9 Å². The van der Waals surface area contributed by atoms with Gasteiger partial charge in [-0.05, 0) is 19.3 Å². The van der Waals surface area contributed by atoms with E-state index in [1.165, 1.54) is 7.11 Å². The van der Waals surface area contributed by atoms with Crippen LogP contribution in [-0.2, 0) is 14.3 Å². The topological polar surface area (TPSA) is 47.6 Å². The Morgan fingerprint density at radius 1 is 1.62 bits per heavy atom. The summed E-state index contributed by atoms with van der Waals surface area (Å²) >= 11 is 0. The van der Waals surface area contributed by atoms with Gasteiger partial charge in [-0.15, -0.1) is 0 Å². The van der Waals surface area contributed by atoms with E-state index in [1.807, 2.05) is 0 Å². The van der Waals surface area contributed by atoms with E-state index >= 15 is 0 Å². The van der Waals surface area contributed by atoms with Gasteiger partial charge in [-0.25, -0.2) is 4.79 Å². The zero-order valence-corrected chi connectivity index (χ0v) is 7.84. The number of nitrogens with one attached hydrogen (secondary N) is 1. The summed E-state index contributed by atoms with van der Waals surface area (Å²) in [6.45, 7) is 1.75. The van der Waals surface area contributed by atoms with E-state index in [0.717, 1.165) is 32.4 Å². The van der Waals surface area contributed by atoms with Crippen LogP contribution in [0.2, 0.25) is 0 Å². The summed E-state index contributed by atoms with van der Waals surface area (Å²) < 4.78 is 10.4. The molecular weight excluding hydrogens is 170 g/mol. The van der Waals surface area contributed by atoms with Crippen molar-refractivity contribution in [2.45, 2.75) is 31.0 Å². The number of hydrogen-bond donors (Lipinski definition) is 1. The monoisotopic (exact) mass is 185 g/mol. The second-order valence-corrected chi connectivity index (χ2v) is 3.81. The summed E-state index contributed by atoms with van der Waals surface area (Å²) in [5.74, 6) is -0.231. The molecule has 2 aliphatic rings. The van der Waals surface area contributed by atoms with Crippen molar-refractivity contribution in [1.82, 2.24) is 5.32 Å². The Morgan fingerprint density at radius 3 is 2.92 bits per heavy atom. The third-order valence-corrected chi connectivity index (χ3v) is 2.85. The lowest BCUT2D eigenvalue weighted by molar-refractivity contribution is -0.187. The molecule has 1 unspecified atom stereocenters. The Kier molecular flexibility index (Phi) is 2.26. The molecule has 4 heteroatoms. The van der Waals surface area contributed by atoms with Crippen LogP contribution in [0.5, 0.6) is 0 Å². The van der Waals surface area contributed by atoms with Crippen LogP contribution in [0.1, 0.15) is 19.3 Å². The van der Waals surface area contributed by atoms with Crippen LogP contribution in [0.4, 0.5) is 0 Å². The number of esters is 1. The second kappa shape index (κ2) is 3.27. The molecule has 2 fully saturated rings. The zero-order chi connectivity index (χ0) is 9.31. The van der Waals surface area contributed by atoms with Crippen LogP contribution in [0.3, 0.4) is 0 Å². The highest BCUT2D eigenvalue weighted by molar-refractivity contribution is 5.74. The molecule has 0 amide bonds. The molecule has 1 spiro atoms. The summed E-state index contributed by atoms with van der Waals surface area (Å²) in [6.07, 6.45) is 2.59. The molecule has 0 aliphatic carbocycles.